The first-order chi connectivity index (χ1) is 12.9. The SMILES string of the molecule is Cc1cccc2cc(/C=N\NC(=O)c3ccc(OC(C)C)cc3)c(Cl)nc12. The minimum atomic E-state index is -0.317. The van der Waals surface area contributed by atoms with Gasteiger partial charge in [0, 0.05) is 16.5 Å². The molecular weight excluding hydrogens is 362 g/mol. The van der Waals surface area contributed by atoms with E-state index in [0.29, 0.717) is 16.3 Å². The maximum Gasteiger partial charge on any atom is 0.271 e. The normalized spacial score (nSPS) is 11.3. The number of hydrogen-bond acceptors (Lipinski definition) is 4. The van der Waals surface area contributed by atoms with E-state index >= 15 is 0 Å². The highest BCUT2D eigenvalue weighted by molar-refractivity contribution is 6.32. The van der Waals surface area contributed by atoms with Crippen LogP contribution in [-0.2, 0) is 0 Å². The number of rotatable bonds is 5. The van der Waals surface area contributed by atoms with E-state index in [1.807, 2.05) is 45.0 Å². The van der Waals surface area contributed by atoms with E-state index in [1.54, 1.807) is 24.3 Å². The van der Waals surface area contributed by atoms with Gasteiger partial charge in [-0.25, -0.2) is 10.4 Å². The third-order valence-electron chi connectivity index (χ3n) is 3.89. The Morgan fingerprint density at radius 2 is 1.96 bits per heavy atom. The minimum Gasteiger partial charge on any atom is -0.491 e. The van der Waals surface area contributed by atoms with Gasteiger partial charge in [-0.3, -0.25) is 4.79 Å². The molecule has 0 radical (unpaired) electrons. The van der Waals surface area contributed by atoms with Gasteiger partial charge in [0.05, 0.1) is 17.8 Å². The van der Waals surface area contributed by atoms with Crippen molar-refractivity contribution in [3.63, 3.8) is 0 Å². The molecule has 2 aromatic carbocycles. The highest BCUT2D eigenvalue weighted by Crippen LogP contribution is 2.21. The molecule has 6 heteroatoms. The van der Waals surface area contributed by atoms with Gasteiger partial charge in [-0.2, -0.15) is 5.10 Å². The molecular formula is C21H20ClN3O2. The summed E-state index contributed by atoms with van der Waals surface area (Å²) in [6.07, 6.45) is 1.57. The van der Waals surface area contributed by atoms with Crippen LogP contribution in [0.1, 0.15) is 35.3 Å². The summed E-state index contributed by atoms with van der Waals surface area (Å²) in [5, 5.41) is 5.30. The minimum absolute atomic E-state index is 0.0818. The van der Waals surface area contributed by atoms with Crippen molar-refractivity contribution in [1.82, 2.24) is 10.4 Å². The number of carbonyl (C=O) groups excluding carboxylic acids is 1. The number of fused-ring (bicyclic) bond motifs is 1. The summed E-state index contributed by atoms with van der Waals surface area (Å²) in [6, 6.07) is 14.7. The van der Waals surface area contributed by atoms with Gasteiger partial charge in [-0.05, 0) is 56.7 Å². The molecule has 0 aliphatic rings. The number of nitrogens with zero attached hydrogens (tertiary/aromatic N) is 2. The molecule has 3 aromatic rings. The summed E-state index contributed by atoms with van der Waals surface area (Å²) < 4.78 is 5.56. The summed E-state index contributed by atoms with van der Waals surface area (Å²) in [7, 11) is 0. The second-order valence-electron chi connectivity index (χ2n) is 6.41. The van der Waals surface area contributed by atoms with E-state index in [0.717, 1.165) is 22.2 Å². The largest absolute Gasteiger partial charge is 0.491 e. The molecule has 0 bridgehead atoms. The lowest BCUT2D eigenvalue weighted by molar-refractivity contribution is 0.0955. The third kappa shape index (κ3) is 4.63. The van der Waals surface area contributed by atoms with Crippen LogP contribution in [0.4, 0.5) is 0 Å². The Hall–Kier alpha value is -2.92. The summed E-state index contributed by atoms with van der Waals surface area (Å²) in [6.45, 7) is 5.88. The number of nitrogens with one attached hydrogen (secondary N) is 1. The number of ether oxygens (including phenoxy) is 1. The molecule has 1 aromatic heterocycles. The number of hydrazone groups is 1. The number of para-hydroxylation sites is 1. The van der Waals surface area contributed by atoms with Crippen LogP contribution in [-0.4, -0.2) is 23.2 Å². The number of benzene rings is 2. The van der Waals surface area contributed by atoms with Crippen molar-refractivity contribution in [2.75, 3.05) is 0 Å². The summed E-state index contributed by atoms with van der Waals surface area (Å²) in [5.74, 6) is 0.400. The first-order valence-electron chi connectivity index (χ1n) is 8.60. The third-order valence-corrected chi connectivity index (χ3v) is 4.19. The first kappa shape index (κ1) is 18.9. The second kappa shape index (κ2) is 8.18. The molecule has 0 atom stereocenters. The smallest absolute Gasteiger partial charge is 0.271 e. The van der Waals surface area contributed by atoms with E-state index in [9.17, 15) is 4.79 Å². The zero-order chi connectivity index (χ0) is 19.4. The zero-order valence-corrected chi connectivity index (χ0v) is 16.1. The highest BCUT2D eigenvalue weighted by Gasteiger charge is 2.07. The molecule has 1 N–H and O–H groups in total. The maximum atomic E-state index is 12.2. The van der Waals surface area contributed by atoms with Gasteiger partial charge < -0.3 is 4.74 Å². The van der Waals surface area contributed by atoms with Crippen LogP contribution in [0.15, 0.2) is 53.6 Å². The van der Waals surface area contributed by atoms with Crippen molar-refractivity contribution >= 4 is 34.6 Å². The fourth-order valence-corrected chi connectivity index (χ4v) is 2.80. The average molecular weight is 382 g/mol. The van der Waals surface area contributed by atoms with Gasteiger partial charge in [0.25, 0.3) is 5.91 Å². The quantitative estimate of drug-likeness (QED) is 0.394. The molecule has 0 aliphatic carbocycles. The van der Waals surface area contributed by atoms with Crippen LogP contribution < -0.4 is 10.2 Å². The number of aromatic nitrogens is 1. The molecule has 0 unspecified atom stereocenters. The summed E-state index contributed by atoms with van der Waals surface area (Å²) in [5.41, 5.74) is 5.53. The van der Waals surface area contributed by atoms with Crippen molar-refractivity contribution < 1.29 is 9.53 Å². The lowest BCUT2D eigenvalue weighted by atomic mass is 10.1. The lowest BCUT2D eigenvalue weighted by Crippen LogP contribution is -2.17. The number of pyridine rings is 1. The fourth-order valence-electron chi connectivity index (χ4n) is 2.61. The standard InChI is InChI=1S/C21H20ClN3O2/c1-13(2)27-18-9-7-15(8-10-18)21(26)25-23-12-17-11-16-6-4-5-14(3)19(16)24-20(17)22/h4-13H,1-3H3,(H,25,26)/b23-12-. The molecule has 0 saturated carbocycles. The van der Waals surface area contributed by atoms with Crippen LogP contribution in [0.3, 0.4) is 0 Å². The molecule has 3 rings (SSSR count). The van der Waals surface area contributed by atoms with Crippen LogP contribution >= 0.6 is 11.6 Å². The molecule has 0 aliphatic heterocycles. The number of hydrogen-bond donors (Lipinski definition) is 1. The predicted octanol–water partition coefficient (Wildman–Crippen LogP) is 4.75. The van der Waals surface area contributed by atoms with E-state index < -0.39 is 0 Å². The molecule has 1 amide bonds. The predicted molar refractivity (Wildman–Crippen MR) is 109 cm³/mol. The molecule has 138 valence electrons. The van der Waals surface area contributed by atoms with Crippen molar-refractivity contribution in [1.29, 1.82) is 0 Å². The Bertz CT molecular complexity index is 998. The Kier molecular flexibility index (Phi) is 5.72. The van der Waals surface area contributed by atoms with E-state index in [-0.39, 0.29) is 12.0 Å². The Balaban J connectivity index is 1.70. The Morgan fingerprint density at radius 3 is 2.67 bits per heavy atom. The summed E-state index contributed by atoms with van der Waals surface area (Å²) in [4.78, 5) is 16.6. The van der Waals surface area contributed by atoms with Gasteiger partial charge in [0.15, 0.2) is 0 Å². The van der Waals surface area contributed by atoms with Gasteiger partial charge in [-0.1, -0.05) is 29.8 Å². The van der Waals surface area contributed by atoms with Crippen LogP contribution in [0.5, 0.6) is 5.75 Å². The van der Waals surface area contributed by atoms with Gasteiger partial charge in [-0.15, -0.1) is 0 Å². The number of amides is 1. The van der Waals surface area contributed by atoms with Gasteiger partial charge >= 0.3 is 0 Å². The maximum absolute atomic E-state index is 12.2. The zero-order valence-electron chi connectivity index (χ0n) is 15.4. The van der Waals surface area contributed by atoms with Gasteiger partial charge in [0.1, 0.15) is 10.9 Å². The van der Waals surface area contributed by atoms with Crippen molar-refractivity contribution in [2.45, 2.75) is 26.9 Å². The number of aryl methyl sites for hydroxylation is 1. The molecule has 0 fully saturated rings. The first-order valence-corrected chi connectivity index (χ1v) is 8.98. The average Bonchev–Trinajstić information content (AvgIpc) is 2.63. The molecule has 27 heavy (non-hydrogen) atoms. The van der Waals surface area contributed by atoms with Crippen LogP contribution in [0.25, 0.3) is 10.9 Å². The fraction of sp³-hybridized carbons (Fsp3) is 0.190. The molecule has 0 saturated heterocycles. The number of carbonyl (C=O) groups is 1. The van der Waals surface area contributed by atoms with Crippen molar-refractivity contribution in [3.8, 4) is 5.75 Å². The summed E-state index contributed by atoms with van der Waals surface area (Å²) >= 11 is 6.24. The molecule has 5 nitrogen and oxygen atoms in total. The van der Waals surface area contributed by atoms with Gasteiger partial charge in [0.2, 0.25) is 0 Å². The van der Waals surface area contributed by atoms with E-state index in [2.05, 4.69) is 15.5 Å². The van der Waals surface area contributed by atoms with Crippen molar-refractivity contribution in [2.24, 2.45) is 5.10 Å². The number of halogens is 1. The van der Waals surface area contributed by atoms with E-state index in [1.165, 1.54) is 6.21 Å². The van der Waals surface area contributed by atoms with Crippen LogP contribution in [0, 0.1) is 6.92 Å². The van der Waals surface area contributed by atoms with E-state index in [4.69, 9.17) is 16.3 Å². The monoisotopic (exact) mass is 381 g/mol. The van der Waals surface area contributed by atoms with Crippen LogP contribution in [0.2, 0.25) is 5.15 Å². The topological polar surface area (TPSA) is 63.6 Å². The van der Waals surface area contributed by atoms with Crippen molar-refractivity contribution in [3.05, 3.63) is 70.4 Å². The Labute approximate surface area is 163 Å². The second-order valence-corrected chi connectivity index (χ2v) is 6.76. The molecule has 0 spiro atoms. The Morgan fingerprint density at radius 1 is 1.22 bits per heavy atom. The molecule has 1 heterocycles. The highest BCUT2D eigenvalue weighted by atomic mass is 35.5. The lowest BCUT2D eigenvalue weighted by Gasteiger charge is -2.09.